The predicted octanol–water partition coefficient (Wildman–Crippen LogP) is 2.35. The molecule has 27 heavy (non-hydrogen) atoms. The number of nitrogens with one attached hydrogen (secondary N) is 1. The van der Waals surface area contributed by atoms with Crippen molar-refractivity contribution in [2.45, 2.75) is 19.4 Å². The van der Waals surface area contributed by atoms with E-state index in [0.717, 1.165) is 51.8 Å². The van der Waals surface area contributed by atoms with Gasteiger partial charge in [-0.1, -0.05) is 11.3 Å². The average Bonchev–Trinajstić information content (AvgIpc) is 2.94. The zero-order valence-corrected chi connectivity index (χ0v) is 16.2. The SMILES string of the molecule is Cc1cc(Nc2ncc(C#N)s2)ncc1CC1COCCN(C2COC2)C1. The number of anilines is 2. The van der Waals surface area contributed by atoms with E-state index in [-0.39, 0.29) is 0 Å². The van der Waals surface area contributed by atoms with Crippen molar-refractivity contribution >= 4 is 22.3 Å². The van der Waals surface area contributed by atoms with Crippen molar-refractivity contribution in [1.29, 1.82) is 5.26 Å². The maximum atomic E-state index is 8.90. The van der Waals surface area contributed by atoms with Crippen LogP contribution in [0.5, 0.6) is 0 Å². The Bertz CT molecular complexity index is 830. The largest absolute Gasteiger partial charge is 0.380 e. The molecule has 2 aromatic heterocycles. The fourth-order valence-corrected chi connectivity index (χ4v) is 4.09. The first-order chi connectivity index (χ1) is 13.2. The van der Waals surface area contributed by atoms with Crippen LogP contribution in [0.25, 0.3) is 0 Å². The summed E-state index contributed by atoms with van der Waals surface area (Å²) in [7, 11) is 0. The fraction of sp³-hybridized carbons (Fsp3) is 0.526. The molecule has 1 unspecified atom stereocenters. The van der Waals surface area contributed by atoms with Gasteiger partial charge in [0, 0.05) is 19.3 Å². The van der Waals surface area contributed by atoms with Crippen LogP contribution in [0.4, 0.5) is 10.9 Å². The van der Waals surface area contributed by atoms with Crippen LogP contribution in [0.15, 0.2) is 18.5 Å². The van der Waals surface area contributed by atoms with Gasteiger partial charge >= 0.3 is 0 Å². The highest BCUT2D eigenvalue weighted by molar-refractivity contribution is 7.16. The number of hydrogen-bond donors (Lipinski definition) is 1. The molecule has 7 nitrogen and oxygen atoms in total. The van der Waals surface area contributed by atoms with Crippen LogP contribution in [0.1, 0.15) is 16.0 Å². The van der Waals surface area contributed by atoms with Gasteiger partial charge in [0.05, 0.1) is 38.7 Å². The van der Waals surface area contributed by atoms with E-state index in [1.54, 1.807) is 6.20 Å². The molecular weight excluding hydrogens is 362 g/mol. The van der Waals surface area contributed by atoms with E-state index < -0.39 is 0 Å². The van der Waals surface area contributed by atoms with Crippen LogP contribution < -0.4 is 5.32 Å². The lowest BCUT2D eigenvalue weighted by Crippen LogP contribution is -2.51. The first-order valence-corrected chi connectivity index (χ1v) is 10.0. The van der Waals surface area contributed by atoms with Gasteiger partial charge in [-0.05, 0) is 36.5 Å². The van der Waals surface area contributed by atoms with Crippen molar-refractivity contribution in [2.75, 3.05) is 44.8 Å². The van der Waals surface area contributed by atoms with Crippen LogP contribution in [-0.2, 0) is 15.9 Å². The van der Waals surface area contributed by atoms with Crippen LogP contribution in [0, 0.1) is 24.2 Å². The summed E-state index contributed by atoms with van der Waals surface area (Å²) < 4.78 is 11.2. The molecule has 0 amide bonds. The summed E-state index contributed by atoms with van der Waals surface area (Å²) in [5.74, 6) is 1.21. The van der Waals surface area contributed by atoms with E-state index in [0.29, 0.717) is 22.0 Å². The van der Waals surface area contributed by atoms with Crippen LogP contribution in [0.3, 0.4) is 0 Å². The molecule has 0 bridgehead atoms. The monoisotopic (exact) mass is 385 g/mol. The second-order valence-electron chi connectivity index (χ2n) is 7.09. The first-order valence-electron chi connectivity index (χ1n) is 9.19. The maximum absolute atomic E-state index is 8.90. The normalized spacial score (nSPS) is 21.3. The van der Waals surface area contributed by atoms with Gasteiger partial charge in [-0.15, -0.1) is 0 Å². The molecule has 1 N–H and O–H groups in total. The van der Waals surface area contributed by atoms with Crippen molar-refractivity contribution in [2.24, 2.45) is 5.92 Å². The minimum Gasteiger partial charge on any atom is -0.380 e. The number of ether oxygens (including phenoxy) is 2. The van der Waals surface area contributed by atoms with Crippen LogP contribution >= 0.6 is 11.3 Å². The zero-order chi connectivity index (χ0) is 18.6. The molecule has 4 rings (SSSR count). The van der Waals surface area contributed by atoms with Gasteiger partial charge in [0.1, 0.15) is 16.8 Å². The Morgan fingerprint density at radius 2 is 2.19 bits per heavy atom. The summed E-state index contributed by atoms with van der Waals surface area (Å²) in [6.07, 6.45) is 4.47. The van der Waals surface area contributed by atoms with Gasteiger partial charge in [0.2, 0.25) is 0 Å². The average molecular weight is 385 g/mol. The number of aryl methyl sites for hydroxylation is 1. The molecule has 0 aliphatic carbocycles. The summed E-state index contributed by atoms with van der Waals surface area (Å²) in [5, 5.41) is 12.8. The molecule has 0 radical (unpaired) electrons. The molecule has 2 aliphatic heterocycles. The predicted molar refractivity (Wildman–Crippen MR) is 103 cm³/mol. The molecule has 2 aliphatic rings. The lowest BCUT2D eigenvalue weighted by molar-refractivity contribution is -0.0667. The highest BCUT2D eigenvalue weighted by Crippen LogP contribution is 2.24. The Balaban J connectivity index is 1.40. The van der Waals surface area contributed by atoms with Crippen molar-refractivity contribution in [3.8, 4) is 6.07 Å². The van der Waals surface area contributed by atoms with Crippen molar-refractivity contribution in [1.82, 2.24) is 14.9 Å². The van der Waals surface area contributed by atoms with E-state index in [2.05, 4.69) is 33.2 Å². The molecule has 0 spiro atoms. The smallest absolute Gasteiger partial charge is 0.189 e. The Morgan fingerprint density at radius 3 is 2.89 bits per heavy atom. The van der Waals surface area contributed by atoms with E-state index >= 15 is 0 Å². The molecule has 1 atom stereocenters. The Kier molecular flexibility index (Phi) is 5.64. The zero-order valence-electron chi connectivity index (χ0n) is 15.4. The third kappa shape index (κ3) is 4.45. The molecule has 2 fully saturated rings. The summed E-state index contributed by atoms with van der Waals surface area (Å²) >= 11 is 1.32. The lowest BCUT2D eigenvalue weighted by Gasteiger charge is -2.37. The molecule has 2 saturated heterocycles. The van der Waals surface area contributed by atoms with E-state index in [4.69, 9.17) is 14.7 Å². The van der Waals surface area contributed by atoms with E-state index in [1.165, 1.54) is 22.5 Å². The third-order valence-electron chi connectivity index (χ3n) is 5.08. The summed E-state index contributed by atoms with van der Waals surface area (Å²) in [6, 6.07) is 4.69. The number of thiazole rings is 1. The van der Waals surface area contributed by atoms with Gasteiger partial charge in [0.25, 0.3) is 0 Å². The topological polar surface area (TPSA) is 83.3 Å². The Hall–Kier alpha value is -2.05. The second-order valence-corrected chi connectivity index (χ2v) is 8.12. The van der Waals surface area contributed by atoms with Gasteiger partial charge in [-0.3, -0.25) is 4.90 Å². The molecule has 4 heterocycles. The number of pyridine rings is 1. The van der Waals surface area contributed by atoms with Gasteiger partial charge in [-0.25, -0.2) is 9.97 Å². The third-order valence-corrected chi connectivity index (χ3v) is 5.90. The molecule has 8 heteroatoms. The van der Waals surface area contributed by atoms with Gasteiger partial charge in [-0.2, -0.15) is 5.26 Å². The number of nitrogens with zero attached hydrogens (tertiary/aromatic N) is 4. The number of nitriles is 1. The Morgan fingerprint density at radius 1 is 1.30 bits per heavy atom. The number of rotatable bonds is 5. The number of aromatic nitrogens is 2. The van der Waals surface area contributed by atoms with Gasteiger partial charge < -0.3 is 14.8 Å². The highest BCUT2D eigenvalue weighted by atomic mass is 32.1. The molecule has 142 valence electrons. The lowest BCUT2D eigenvalue weighted by atomic mass is 9.97. The van der Waals surface area contributed by atoms with Crippen molar-refractivity contribution in [3.05, 3.63) is 34.5 Å². The van der Waals surface area contributed by atoms with Crippen molar-refractivity contribution < 1.29 is 9.47 Å². The summed E-state index contributed by atoms with van der Waals surface area (Å²) in [4.78, 5) is 11.8. The number of hydrogen-bond acceptors (Lipinski definition) is 8. The molecule has 2 aromatic rings. The molecule has 0 saturated carbocycles. The minimum absolute atomic E-state index is 0.463. The van der Waals surface area contributed by atoms with E-state index in [1.807, 2.05) is 12.3 Å². The Labute approximate surface area is 163 Å². The quantitative estimate of drug-likeness (QED) is 0.846. The maximum Gasteiger partial charge on any atom is 0.189 e. The van der Waals surface area contributed by atoms with Crippen LogP contribution in [0.2, 0.25) is 0 Å². The first kappa shape index (κ1) is 18.3. The van der Waals surface area contributed by atoms with Crippen LogP contribution in [-0.4, -0.2) is 60.4 Å². The molecule has 0 aromatic carbocycles. The van der Waals surface area contributed by atoms with E-state index in [9.17, 15) is 0 Å². The minimum atomic E-state index is 0.463. The summed E-state index contributed by atoms with van der Waals surface area (Å²) in [5.41, 5.74) is 2.45. The highest BCUT2D eigenvalue weighted by Gasteiger charge is 2.29. The fourth-order valence-electron chi connectivity index (χ4n) is 3.47. The van der Waals surface area contributed by atoms with Crippen molar-refractivity contribution in [3.63, 3.8) is 0 Å². The second kappa shape index (κ2) is 8.31. The summed E-state index contributed by atoms with van der Waals surface area (Å²) in [6.45, 7) is 7.42. The molecular formula is C19H23N5O2S. The standard InChI is InChI=1S/C19H23N5O2S/c1-13-4-18(23-19-22-8-17(6-20)27-19)21-7-15(13)5-14-9-24(2-3-25-10-14)16-11-26-12-16/h4,7-8,14,16H,2-3,5,9-12H2,1H3,(H,21,22,23). The van der Waals surface area contributed by atoms with Gasteiger partial charge in [0.15, 0.2) is 5.13 Å².